The maximum Gasteiger partial charge on any atom is 0.419 e. The van der Waals surface area contributed by atoms with Crippen LogP contribution in [0.2, 0.25) is 0 Å². The number of carbonyl (C=O) groups is 1. The number of nitrogens with zero attached hydrogens (tertiary/aromatic N) is 2. The molecule has 0 atom stereocenters. The van der Waals surface area contributed by atoms with Crippen molar-refractivity contribution in [1.82, 2.24) is 9.97 Å². The number of nitrogens with one attached hydrogen (secondary N) is 1. The van der Waals surface area contributed by atoms with E-state index in [9.17, 15) is 22.4 Å². The Morgan fingerprint density at radius 2 is 1.81 bits per heavy atom. The van der Waals surface area contributed by atoms with E-state index in [1.807, 2.05) is 33.8 Å². The number of carboxylic acids is 1. The minimum atomic E-state index is -4.77. The molecule has 0 radical (unpaired) electrons. The van der Waals surface area contributed by atoms with Gasteiger partial charge in [0.1, 0.15) is 24.0 Å². The molecule has 0 aliphatic carbocycles. The largest absolute Gasteiger partial charge is 0.487 e. The Morgan fingerprint density at radius 1 is 1.11 bits per heavy atom. The molecule has 0 bridgehead atoms. The van der Waals surface area contributed by atoms with Gasteiger partial charge in [0.25, 0.3) is 0 Å². The molecule has 0 spiro atoms. The Labute approximate surface area is 207 Å². The number of imidazole rings is 1. The van der Waals surface area contributed by atoms with Crippen LogP contribution in [0.4, 0.5) is 23.2 Å². The van der Waals surface area contributed by atoms with E-state index in [2.05, 4.69) is 15.0 Å². The fourth-order valence-electron chi connectivity index (χ4n) is 3.27. The van der Waals surface area contributed by atoms with Gasteiger partial charge < -0.3 is 14.8 Å². The van der Waals surface area contributed by atoms with Crippen molar-refractivity contribution >= 4 is 17.4 Å². The molecule has 0 aliphatic rings. The summed E-state index contributed by atoms with van der Waals surface area (Å²) in [5, 5.41) is 8.83. The number of aromatic nitrogens is 2. The summed E-state index contributed by atoms with van der Waals surface area (Å²) < 4.78 is 58.0. The number of rotatable bonds is 8. The zero-order valence-corrected chi connectivity index (χ0v) is 20.8. The van der Waals surface area contributed by atoms with Gasteiger partial charge in [0, 0.05) is 17.3 Å². The first kappa shape index (κ1) is 28.5. The van der Waals surface area contributed by atoms with E-state index in [1.54, 1.807) is 13.0 Å². The molecule has 0 amide bonds. The number of benzene rings is 2. The molecule has 1 aromatic heterocycles. The van der Waals surface area contributed by atoms with Gasteiger partial charge >= 0.3 is 12.1 Å². The van der Waals surface area contributed by atoms with Crippen LogP contribution in [0.5, 0.6) is 5.75 Å². The summed E-state index contributed by atoms with van der Waals surface area (Å²) in [6.45, 7) is 9.61. The van der Waals surface area contributed by atoms with E-state index in [4.69, 9.17) is 9.84 Å². The number of H-pyrrole nitrogens is 1. The Hall–Kier alpha value is -3.69. The topological polar surface area (TPSA) is 87.6 Å². The number of carboxylic acid groups (broad SMARTS) is 1. The van der Waals surface area contributed by atoms with Crippen molar-refractivity contribution in [3.8, 4) is 17.1 Å². The van der Waals surface area contributed by atoms with Crippen LogP contribution in [0.15, 0.2) is 41.5 Å². The molecule has 0 saturated heterocycles. The Morgan fingerprint density at radius 3 is 2.42 bits per heavy atom. The summed E-state index contributed by atoms with van der Waals surface area (Å²) in [7, 11) is 0. The van der Waals surface area contributed by atoms with Crippen LogP contribution in [0.25, 0.3) is 11.4 Å². The normalized spacial score (nSPS) is 11.6. The molecule has 0 saturated carbocycles. The second kappa shape index (κ2) is 12.3. The third kappa shape index (κ3) is 7.66. The van der Waals surface area contributed by atoms with E-state index in [0.717, 1.165) is 23.3 Å². The molecule has 10 heteroatoms. The molecule has 0 aliphatic heterocycles. The van der Waals surface area contributed by atoms with Gasteiger partial charge in [0.15, 0.2) is 0 Å². The first-order valence-electron chi connectivity index (χ1n) is 11.3. The van der Waals surface area contributed by atoms with Crippen molar-refractivity contribution in [2.24, 2.45) is 4.99 Å². The summed E-state index contributed by atoms with van der Waals surface area (Å²) in [4.78, 5) is 22.3. The number of aliphatic carboxylic acids is 1. The average molecular weight is 508 g/mol. The van der Waals surface area contributed by atoms with Crippen LogP contribution in [0.1, 0.15) is 56.0 Å². The van der Waals surface area contributed by atoms with E-state index < -0.39 is 23.5 Å². The minimum absolute atomic E-state index is 0.00537. The molecule has 0 unspecified atom stereocenters. The van der Waals surface area contributed by atoms with Crippen LogP contribution in [0.3, 0.4) is 0 Å². The third-order valence-corrected chi connectivity index (χ3v) is 5.07. The molecular formula is C26H29F4N3O3. The van der Waals surface area contributed by atoms with Crippen LogP contribution in [-0.4, -0.2) is 26.8 Å². The minimum Gasteiger partial charge on any atom is -0.487 e. The fourth-order valence-corrected chi connectivity index (χ4v) is 3.27. The van der Waals surface area contributed by atoms with Gasteiger partial charge in [0.2, 0.25) is 0 Å². The van der Waals surface area contributed by atoms with E-state index in [1.165, 1.54) is 6.20 Å². The van der Waals surface area contributed by atoms with E-state index in [-0.39, 0.29) is 24.4 Å². The van der Waals surface area contributed by atoms with Crippen molar-refractivity contribution in [2.75, 3.05) is 0 Å². The zero-order chi connectivity index (χ0) is 27.0. The maximum absolute atomic E-state index is 13.9. The van der Waals surface area contributed by atoms with Gasteiger partial charge in [-0.2, -0.15) is 13.2 Å². The van der Waals surface area contributed by atoms with Gasteiger partial charge in [-0.1, -0.05) is 26.0 Å². The predicted octanol–water partition coefficient (Wildman–Crippen LogP) is 7.41. The summed E-state index contributed by atoms with van der Waals surface area (Å²) >= 11 is 0. The molecule has 36 heavy (non-hydrogen) atoms. The first-order chi connectivity index (χ1) is 16.9. The fraction of sp³-hybridized carbons (Fsp3) is 0.346. The Kier molecular flexibility index (Phi) is 9.77. The van der Waals surface area contributed by atoms with Crippen LogP contribution in [0, 0.1) is 19.7 Å². The highest BCUT2D eigenvalue weighted by Crippen LogP contribution is 2.33. The molecule has 3 rings (SSSR count). The van der Waals surface area contributed by atoms with Gasteiger partial charge in [-0.25, -0.2) is 9.37 Å². The zero-order valence-electron chi connectivity index (χ0n) is 20.8. The molecule has 1 heterocycles. The van der Waals surface area contributed by atoms with Crippen molar-refractivity contribution in [2.45, 2.75) is 60.2 Å². The lowest BCUT2D eigenvalue weighted by molar-refractivity contribution is -0.140. The Balaban J connectivity index is 0.00000222. The number of aromatic amines is 1. The lowest BCUT2D eigenvalue weighted by Gasteiger charge is -2.12. The highest BCUT2D eigenvalue weighted by molar-refractivity contribution is 5.87. The lowest BCUT2D eigenvalue weighted by Crippen LogP contribution is -2.07. The molecule has 2 N–H and O–H groups in total. The molecule has 3 aromatic rings. The standard InChI is InChI=1S/C24H23F4N3O3.C2H6/c1-13-8-14(2)21(10-20(13)30-15(3)4-7-22(32)33)34-12-17-11-29-23(31-17)16-5-6-18(19(25)9-16)24(26,27)28;1-2/h5-6,8-11H,4,7,12H2,1-3H3,(H,29,31)(H,32,33);1-2H3. The van der Waals surface area contributed by atoms with Crippen molar-refractivity contribution in [1.29, 1.82) is 0 Å². The number of ether oxygens (including phenoxy) is 1. The second-order valence-corrected chi connectivity index (χ2v) is 7.88. The van der Waals surface area contributed by atoms with E-state index in [0.29, 0.717) is 35.3 Å². The van der Waals surface area contributed by atoms with E-state index >= 15 is 0 Å². The summed E-state index contributed by atoms with van der Waals surface area (Å²) in [6.07, 6.45) is -2.98. The second-order valence-electron chi connectivity index (χ2n) is 7.88. The number of aryl methyl sites for hydroxylation is 2. The molecule has 194 valence electrons. The molecule has 2 aromatic carbocycles. The van der Waals surface area contributed by atoms with Crippen LogP contribution >= 0.6 is 0 Å². The number of aliphatic imine (C=N–C) groups is 1. The lowest BCUT2D eigenvalue weighted by atomic mass is 10.1. The highest BCUT2D eigenvalue weighted by Gasteiger charge is 2.34. The Bertz CT molecular complexity index is 1230. The SMILES string of the molecule is CC.CC(CCC(=O)O)=Nc1cc(OCc2cnc(-c3ccc(C(F)(F)F)c(F)c3)[nH]2)c(C)cc1C. The van der Waals surface area contributed by atoms with Gasteiger partial charge in [-0.05, 0) is 50.5 Å². The van der Waals surface area contributed by atoms with Gasteiger partial charge in [0.05, 0.1) is 29.6 Å². The monoisotopic (exact) mass is 507 g/mol. The third-order valence-electron chi connectivity index (χ3n) is 5.07. The first-order valence-corrected chi connectivity index (χ1v) is 11.3. The summed E-state index contributed by atoms with van der Waals surface area (Å²) in [5.41, 5.74) is 2.50. The highest BCUT2D eigenvalue weighted by atomic mass is 19.4. The van der Waals surface area contributed by atoms with Crippen LogP contribution < -0.4 is 4.74 Å². The quantitative estimate of drug-likeness (QED) is 0.245. The van der Waals surface area contributed by atoms with Crippen molar-refractivity contribution in [3.63, 3.8) is 0 Å². The van der Waals surface area contributed by atoms with Gasteiger partial charge in [-0.3, -0.25) is 9.79 Å². The molecule has 6 nitrogen and oxygen atoms in total. The predicted molar refractivity (Wildman–Crippen MR) is 130 cm³/mol. The number of hydrogen-bond donors (Lipinski definition) is 2. The number of alkyl halides is 3. The number of hydrogen-bond acceptors (Lipinski definition) is 4. The van der Waals surface area contributed by atoms with Crippen LogP contribution in [-0.2, 0) is 17.6 Å². The summed E-state index contributed by atoms with van der Waals surface area (Å²) in [6, 6.07) is 6.28. The smallest absolute Gasteiger partial charge is 0.419 e. The van der Waals surface area contributed by atoms with Gasteiger partial charge in [-0.15, -0.1) is 0 Å². The average Bonchev–Trinajstić information content (AvgIpc) is 3.28. The molecule has 0 fully saturated rings. The summed E-state index contributed by atoms with van der Waals surface area (Å²) in [5.74, 6) is -1.49. The molecular weight excluding hydrogens is 478 g/mol. The number of halogens is 4. The maximum atomic E-state index is 13.9. The van der Waals surface area contributed by atoms with Crippen molar-refractivity contribution < 1.29 is 32.2 Å². The van der Waals surface area contributed by atoms with Crippen molar-refractivity contribution in [3.05, 3.63) is 64.7 Å².